The zero-order valence-electron chi connectivity index (χ0n) is 13.5. The van der Waals surface area contributed by atoms with Gasteiger partial charge >= 0.3 is 0 Å². The first kappa shape index (κ1) is 14.4. The van der Waals surface area contributed by atoms with Crippen LogP contribution < -0.4 is 4.90 Å². The van der Waals surface area contributed by atoms with E-state index in [9.17, 15) is 4.79 Å². The van der Waals surface area contributed by atoms with Crippen LogP contribution in [0.15, 0.2) is 60.7 Å². The summed E-state index contributed by atoms with van der Waals surface area (Å²) >= 11 is 0. The van der Waals surface area contributed by atoms with Gasteiger partial charge in [-0.3, -0.25) is 4.79 Å². The van der Waals surface area contributed by atoms with Crippen LogP contribution in [0.5, 0.6) is 0 Å². The zero-order valence-corrected chi connectivity index (χ0v) is 13.5. The fourth-order valence-electron chi connectivity index (χ4n) is 2.87. The third kappa shape index (κ3) is 2.31. The highest BCUT2D eigenvalue weighted by molar-refractivity contribution is 6.08. The Morgan fingerprint density at radius 1 is 1.00 bits per heavy atom. The number of nitrogens with zero attached hydrogens (tertiary/aromatic N) is 4. The molecule has 5 nitrogen and oxygen atoms in total. The van der Waals surface area contributed by atoms with E-state index in [0.29, 0.717) is 5.56 Å². The highest BCUT2D eigenvalue weighted by Gasteiger charge is 2.15. The number of fused-ring (bicyclic) bond motifs is 2. The van der Waals surface area contributed by atoms with Crippen molar-refractivity contribution < 1.29 is 4.79 Å². The molecule has 1 aromatic heterocycles. The summed E-state index contributed by atoms with van der Waals surface area (Å²) in [7, 11) is 3.62. The van der Waals surface area contributed by atoms with Gasteiger partial charge in [-0.15, -0.1) is 5.10 Å². The van der Waals surface area contributed by atoms with E-state index in [1.165, 1.54) is 0 Å². The molecular formula is C19H16N4O. The molecular weight excluding hydrogens is 300 g/mol. The summed E-state index contributed by atoms with van der Waals surface area (Å²) < 4.78 is 1.69. The van der Waals surface area contributed by atoms with Gasteiger partial charge in [-0.25, -0.2) is 4.68 Å². The van der Waals surface area contributed by atoms with Gasteiger partial charge in [-0.05, 0) is 41.1 Å². The van der Waals surface area contributed by atoms with Gasteiger partial charge < -0.3 is 4.90 Å². The molecule has 24 heavy (non-hydrogen) atoms. The van der Waals surface area contributed by atoms with Gasteiger partial charge in [0.1, 0.15) is 5.52 Å². The van der Waals surface area contributed by atoms with Crippen molar-refractivity contribution in [2.75, 3.05) is 11.9 Å². The molecule has 0 aliphatic rings. The summed E-state index contributed by atoms with van der Waals surface area (Å²) in [5.74, 6) is -0.0714. The second-order valence-electron chi connectivity index (χ2n) is 5.81. The van der Waals surface area contributed by atoms with Crippen molar-refractivity contribution in [2.45, 2.75) is 0 Å². The van der Waals surface area contributed by atoms with E-state index in [-0.39, 0.29) is 5.91 Å². The second-order valence-corrected chi connectivity index (χ2v) is 5.81. The Labute approximate surface area is 139 Å². The largest absolute Gasteiger partial charge is 0.311 e. The average molecular weight is 316 g/mol. The number of benzene rings is 3. The van der Waals surface area contributed by atoms with Crippen LogP contribution in [-0.2, 0) is 7.05 Å². The van der Waals surface area contributed by atoms with Crippen LogP contribution in [0.3, 0.4) is 0 Å². The van der Waals surface area contributed by atoms with E-state index in [0.717, 1.165) is 27.5 Å². The summed E-state index contributed by atoms with van der Waals surface area (Å²) in [5, 5.41) is 10.3. The molecule has 0 unspecified atom stereocenters. The van der Waals surface area contributed by atoms with Crippen molar-refractivity contribution in [3.63, 3.8) is 0 Å². The third-order valence-electron chi connectivity index (χ3n) is 4.28. The predicted molar refractivity (Wildman–Crippen MR) is 95.2 cm³/mol. The molecule has 1 heterocycles. The first-order valence-corrected chi connectivity index (χ1v) is 7.70. The van der Waals surface area contributed by atoms with Crippen LogP contribution in [0.25, 0.3) is 21.8 Å². The highest BCUT2D eigenvalue weighted by Crippen LogP contribution is 2.23. The molecule has 0 fully saturated rings. The molecule has 0 N–H and O–H groups in total. The van der Waals surface area contributed by atoms with Crippen LogP contribution in [0, 0.1) is 0 Å². The number of aryl methyl sites for hydroxylation is 1. The van der Waals surface area contributed by atoms with Gasteiger partial charge in [0.2, 0.25) is 0 Å². The van der Waals surface area contributed by atoms with Crippen LogP contribution >= 0.6 is 0 Å². The Bertz CT molecular complexity index is 1070. The lowest BCUT2D eigenvalue weighted by atomic mass is 10.1. The lowest BCUT2D eigenvalue weighted by molar-refractivity contribution is 0.0993. The number of hydrogen-bond acceptors (Lipinski definition) is 3. The first-order valence-electron chi connectivity index (χ1n) is 7.70. The Hall–Kier alpha value is -3.21. The van der Waals surface area contributed by atoms with E-state index in [1.54, 1.807) is 22.7 Å². The maximum atomic E-state index is 12.8. The summed E-state index contributed by atoms with van der Waals surface area (Å²) in [6.07, 6.45) is 0. The van der Waals surface area contributed by atoms with Gasteiger partial charge in [0.25, 0.3) is 5.91 Å². The van der Waals surface area contributed by atoms with E-state index < -0.39 is 0 Å². The first-order chi connectivity index (χ1) is 11.6. The molecule has 0 radical (unpaired) electrons. The van der Waals surface area contributed by atoms with Crippen molar-refractivity contribution in [1.29, 1.82) is 0 Å². The van der Waals surface area contributed by atoms with Crippen molar-refractivity contribution in [1.82, 2.24) is 15.0 Å². The number of carbonyl (C=O) groups excluding carboxylic acids is 1. The fraction of sp³-hybridized carbons (Fsp3) is 0.105. The molecule has 3 aromatic carbocycles. The molecule has 0 saturated heterocycles. The number of amides is 1. The van der Waals surface area contributed by atoms with E-state index in [4.69, 9.17) is 0 Å². The zero-order chi connectivity index (χ0) is 16.7. The Balaban J connectivity index is 1.70. The minimum atomic E-state index is -0.0714. The summed E-state index contributed by atoms with van der Waals surface area (Å²) in [5.41, 5.74) is 3.08. The fourth-order valence-corrected chi connectivity index (χ4v) is 2.87. The van der Waals surface area contributed by atoms with Gasteiger partial charge in [-0.2, -0.15) is 0 Å². The van der Waals surface area contributed by atoms with Crippen molar-refractivity contribution in [3.8, 4) is 0 Å². The minimum Gasteiger partial charge on any atom is -0.311 e. The summed E-state index contributed by atoms with van der Waals surface area (Å²) in [4.78, 5) is 14.5. The Morgan fingerprint density at radius 2 is 1.79 bits per heavy atom. The predicted octanol–water partition coefficient (Wildman–Crippen LogP) is 3.40. The Morgan fingerprint density at radius 3 is 2.62 bits per heavy atom. The monoisotopic (exact) mass is 316 g/mol. The molecule has 0 saturated carbocycles. The molecule has 0 spiro atoms. The molecule has 118 valence electrons. The normalized spacial score (nSPS) is 11.1. The number of carbonyl (C=O) groups is 1. The van der Waals surface area contributed by atoms with Gasteiger partial charge in [-0.1, -0.05) is 35.5 Å². The molecule has 1 amide bonds. The average Bonchev–Trinajstić information content (AvgIpc) is 3.00. The molecule has 0 bridgehead atoms. The van der Waals surface area contributed by atoms with Gasteiger partial charge in [0, 0.05) is 25.3 Å². The van der Waals surface area contributed by atoms with Crippen molar-refractivity contribution in [3.05, 3.63) is 66.2 Å². The Kier molecular flexibility index (Phi) is 3.27. The van der Waals surface area contributed by atoms with Crippen molar-refractivity contribution >= 4 is 33.4 Å². The molecule has 5 heteroatoms. The van der Waals surface area contributed by atoms with Crippen LogP contribution in [0.4, 0.5) is 5.69 Å². The van der Waals surface area contributed by atoms with Gasteiger partial charge in [0.15, 0.2) is 0 Å². The topological polar surface area (TPSA) is 51.0 Å². The van der Waals surface area contributed by atoms with E-state index in [1.807, 2.05) is 55.6 Å². The number of anilines is 1. The van der Waals surface area contributed by atoms with E-state index in [2.05, 4.69) is 16.4 Å². The third-order valence-corrected chi connectivity index (χ3v) is 4.28. The smallest absolute Gasteiger partial charge is 0.258 e. The number of hydrogen-bond donors (Lipinski definition) is 0. The highest BCUT2D eigenvalue weighted by atomic mass is 16.2. The van der Waals surface area contributed by atoms with Crippen LogP contribution in [-0.4, -0.2) is 27.9 Å². The van der Waals surface area contributed by atoms with Crippen LogP contribution in [0.1, 0.15) is 10.4 Å². The molecule has 0 aliphatic heterocycles. The maximum absolute atomic E-state index is 12.8. The molecule has 0 atom stereocenters. The summed E-state index contributed by atoms with van der Waals surface area (Å²) in [6, 6.07) is 19.6. The minimum absolute atomic E-state index is 0.0714. The number of aromatic nitrogens is 3. The quantitative estimate of drug-likeness (QED) is 0.569. The second kappa shape index (κ2) is 5.45. The lowest BCUT2D eigenvalue weighted by Gasteiger charge is -2.18. The van der Waals surface area contributed by atoms with Gasteiger partial charge in [0.05, 0.1) is 5.52 Å². The lowest BCUT2D eigenvalue weighted by Crippen LogP contribution is -2.26. The van der Waals surface area contributed by atoms with E-state index >= 15 is 0 Å². The standard InChI is InChI=1S/C19H16N4O/c1-22(16-9-7-13-5-3-4-6-14(13)11-16)19(24)15-8-10-18-17(12-15)20-21-23(18)2/h3-12H,1-2H3. The summed E-state index contributed by atoms with van der Waals surface area (Å²) in [6.45, 7) is 0. The molecule has 0 aliphatic carbocycles. The molecule has 4 aromatic rings. The SMILES string of the molecule is CN(C(=O)c1ccc2c(c1)nnn2C)c1ccc2ccccc2c1. The van der Waals surface area contributed by atoms with Crippen LogP contribution in [0.2, 0.25) is 0 Å². The van der Waals surface area contributed by atoms with Crippen molar-refractivity contribution in [2.24, 2.45) is 7.05 Å². The maximum Gasteiger partial charge on any atom is 0.258 e. The number of rotatable bonds is 2. The molecule has 4 rings (SSSR count).